The van der Waals surface area contributed by atoms with Crippen LogP contribution in [-0.2, 0) is 0 Å². The van der Waals surface area contributed by atoms with Crippen molar-refractivity contribution in [3.63, 3.8) is 0 Å². The molecule has 0 radical (unpaired) electrons. The molecule has 0 saturated heterocycles. The summed E-state index contributed by atoms with van der Waals surface area (Å²) in [4.78, 5) is 13.1. The van der Waals surface area contributed by atoms with Crippen LogP contribution in [0.3, 0.4) is 0 Å². The van der Waals surface area contributed by atoms with Crippen molar-refractivity contribution in [1.82, 2.24) is 0 Å². The van der Waals surface area contributed by atoms with E-state index < -0.39 is 0 Å². The normalized spacial score (nSPS) is 17.7. The Morgan fingerprint density at radius 2 is 1.84 bits per heavy atom. The second kappa shape index (κ2) is 5.27. The second-order valence-electron chi connectivity index (χ2n) is 4.38. The van der Waals surface area contributed by atoms with Gasteiger partial charge in [-0.15, -0.1) is 0 Å². The van der Waals surface area contributed by atoms with Gasteiger partial charge in [0.05, 0.1) is 12.0 Å². The van der Waals surface area contributed by atoms with Crippen LogP contribution in [0.2, 0.25) is 0 Å². The summed E-state index contributed by atoms with van der Waals surface area (Å²) >= 11 is 0. The topological polar surface area (TPSA) is 26.3 Å². The number of carbonyl (C=O) groups excluding carboxylic acids is 1. The lowest BCUT2D eigenvalue weighted by molar-refractivity contribution is 0.0850. The Kier molecular flexibility index (Phi) is 3.49. The minimum Gasteiger partial charge on any atom is -0.484 e. The molecular formula is C15H11ClO2S. The summed E-state index contributed by atoms with van der Waals surface area (Å²) in [6, 6.07) is 15.1. The summed E-state index contributed by atoms with van der Waals surface area (Å²) in [5.74, 6) is 0.794. The molecular weight excluding hydrogens is 280 g/mol. The highest BCUT2D eigenvalue weighted by Crippen LogP contribution is 2.35. The molecule has 0 bridgehead atoms. The maximum Gasteiger partial charge on any atom is 0.170 e. The number of fused-ring (bicyclic) bond motifs is 1. The predicted octanol–water partition coefficient (Wildman–Crippen LogP) is 4.64. The number of hydrogen-bond acceptors (Lipinski definition) is 3. The Balaban J connectivity index is 1.90. The van der Waals surface area contributed by atoms with Crippen LogP contribution < -0.4 is 4.74 Å². The maximum atomic E-state index is 12.1. The number of hydrogen-bond donors (Lipinski definition) is 0. The minimum atomic E-state index is -0.211. The molecule has 1 heterocycles. The summed E-state index contributed by atoms with van der Waals surface area (Å²) in [5, 5.41) is 0. The fourth-order valence-electron chi connectivity index (χ4n) is 2.19. The molecule has 19 heavy (non-hydrogen) atoms. The third kappa shape index (κ3) is 2.48. The van der Waals surface area contributed by atoms with E-state index in [2.05, 4.69) is 0 Å². The molecule has 1 aliphatic rings. The van der Waals surface area contributed by atoms with Crippen molar-refractivity contribution >= 4 is 27.4 Å². The number of carbonyl (C=O) groups is 1. The van der Waals surface area contributed by atoms with Crippen LogP contribution in [0.4, 0.5) is 0 Å². The first kappa shape index (κ1) is 12.6. The largest absolute Gasteiger partial charge is 0.484 e. The van der Waals surface area contributed by atoms with Crippen molar-refractivity contribution in [2.45, 2.75) is 17.4 Å². The lowest BCUT2D eigenvalue weighted by Crippen LogP contribution is -2.20. The second-order valence-corrected chi connectivity index (χ2v) is 5.46. The van der Waals surface area contributed by atoms with E-state index in [9.17, 15) is 4.79 Å². The number of para-hydroxylation sites is 1. The van der Waals surface area contributed by atoms with Crippen molar-refractivity contribution < 1.29 is 9.53 Å². The van der Waals surface area contributed by atoms with Gasteiger partial charge in [0.1, 0.15) is 11.9 Å². The molecule has 0 saturated carbocycles. The average molecular weight is 291 g/mol. The van der Waals surface area contributed by atoms with Gasteiger partial charge < -0.3 is 4.74 Å². The number of ketones is 1. The van der Waals surface area contributed by atoms with Gasteiger partial charge in [0, 0.05) is 4.90 Å². The zero-order chi connectivity index (χ0) is 13.2. The molecule has 0 spiro atoms. The van der Waals surface area contributed by atoms with Gasteiger partial charge in [0.25, 0.3) is 0 Å². The van der Waals surface area contributed by atoms with Crippen molar-refractivity contribution in [1.29, 1.82) is 0 Å². The van der Waals surface area contributed by atoms with E-state index in [0.717, 1.165) is 10.5 Å². The molecule has 0 N–H and O–H groups in total. The zero-order valence-electron chi connectivity index (χ0n) is 10.0. The van der Waals surface area contributed by atoms with Crippen LogP contribution in [0.1, 0.15) is 28.4 Å². The molecule has 96 valence electrons. The molecule has 2 aromatic rings. The molecule has 0 fully saturated rings. The van der Waals surface area contributed by atoms with Crippen molar-refractivity contribution in [2.75, 3.05) is 0 Å². The van der Waals surface area contributed by atoms with Crippen LogP contribution >= 0.6 is 21.7 Å². The maximum absolute atomic E-state index is 12.1. The van der Waals surface area contributed by atoms with Crippen LogP contribution in [0.15, 0.2) is 53.4 Å². The molecule has 1 atom stereocenters. The van der Waals surface area contributed by atoms with E-state index in [1.165, 1.54) is 11.0 Å². The average Bonchev–Trinajstić information content (AvgIpc) is 2.47. The first-order chi connectivity index (χ1) is 9.28. The first-order valence-electron chi connectivity index (χ1n) is 5.95. The monoisotopic (exact) mass is 290 g/mol. The lowest BCUT2D eigenvalue weighted by atomic mass is 9.96. The van der Waals surface area contributed by atoms with Gasteiger partial charge in [-0.3, -0.25) is 4.79 Å². The van der Waals surface area contributed by atoms with Crippen LogP contribution in [0.25, 0.3) is 0 Å². The van der Waals surface area contributed by atoms with Gasteiger partial charge in [-0.1, -0.05) is 24.3 Å². The van der Waals surface area contributed by atoms with Gasteiger partial charge in [-0.05, 0) is 51.5 Å². The summed E-state index contributed by atoms with van der Waals surface area (Å²) < 4.78 is 5.90. The fraction of sp³-hybridized carbons (Fsp3) is 0.133. The lowest BCUT2D eigenvalue weighted by Gasteiger charge is -2.25. The van der Waals surface area contributed by atoms with E-state index in [1.54, 1.807) is 6.07 Å². The van der Waals surface area contributed by atoms with Gasteiger partial charge in [-0.25, -0.2) is 0 Å². The fourth-order valence-corrected chi connectivity index (χ4v) is 2.74. The number of ether oxygens (including phenoxy) is 1. The highest BCUT2D eigenvalue weighted by atomic mass is 35.7. The van der Waals surface area contributed by atoms with Gasteiger partial charge in [0.15, 0.2) is 5.78 Å². The Morgan fingerprint density at radius 3 is 2.58 bits per heavy atom. The molecule has 0 aromatic heterocycles. The third-order valence-electron chi connectivity index (χ3n) is 3.17. The SMILES string of the molecule is O=C1CC(c2ccc(SCl)cc2)Oc2ccccc21. The number of halogens is 1. The summed E-state index contributed by atoms with van der Waals surface area (Å²) in [7, 11) is 6.86. The van der Waals surface area contributed by atoms with Gasteiger partial charge in [-0.2, -0.15) is 0 Å². The Hall–Kier alpha value is -1.45. The first-order valence-corrected chi connectivity index (χ1v) is 7.59. The Bertz CT molecular complexity index is 610. The summed E-state index contributed by atoms with van der Waals surface area (Å²) in [6.45, 7) is 0. The number of Topliss-reactive ketones (excluding diaryl/α,β-unsaturated/α-hetero) is 1. The van der Waals surface area contributed by atoms with Crippen molar-refractivity contribution in [3.05, 3.63) is 59.7 Å². The van der Waals surface area contributed by atoms with Gasteiger partial charge in [0.2, 0.25) is 0 Å². The van der Waals surface area contributed by atoms with E-state index in [4.69, 9.17) is 15.4 Å². The van der Waals surface area contributed by atoms with E-state index in [0.29, 0.717) is 17.7 Å². The van der Waals surface area contributed by atoms with Gasteiger partial charge >= 0.3 is 0 Å². The van der Waals surface area contributed by atoms with E-state index in [-0.39, 0.29) is 11.9 Å². The quantitative estimate of drug-likeness (QED) is 0.806. The van der Waals surface area contributed by atoms with Crippen LogP contribution in [0.5, 0.6) is 5.75 Å². The number of benzene rings is 2. The smallest absolute Gasteiger partial charge is 0.170 e. The Morgan fingerprint density at radius 1 is 1.11 bits per heavy atom. The summed E-state index contributed by atoms with van der Waals surface area (Å²) in [5.41, 5.74) is 1.67. The molecule has 0 aliphatic carbocycles. The molecule has 1 aliphatic heterocycles. The molecule has 1 unspecified atom stereocenters. The molecule has 0 amide bonds. The summed E-state index contributed by atoms with van der Waals surface area (Å²) in [6.07, 6.45) is 0.168. The molecule has 2 aromatic carbocycles. The third-order valence-corrected chi connectivity index (χ3v) is 4.15. The highest BCUT2D eigenvalue weighted by molar-refractivity contribution is 8.21. The predicted molar refractivity (Wildman–Crippen MR) is 76.9 cm³/mol. The minimum absolute atomic E-state index is 0.127. The molecule has 2 nitrogen and oxygen atoms in total. The molecule has 3 rings (SSSR count). The standard InChI is InChI=1S/C15H11ClO2S/c16-19-11-7-5-10(6-8-11)15-9-13(17)12-3-1-2-4-14(12)18-15/h1-8,15H,9H2. The van der Waals surface area contributed by atoms with Crippen LogP contribution in [-0.4, -0.2) is 5.78 Å². The highest BCUT2D eigenvalue weighted by Gasteiger charge is 2.27. The van der Waals surface area contributed by atoms with Crippen LogP contribution in [0, 0.1) is 0 Å². The van der Waals surface area contributed by atoms with Crippen molar-refractivity contribution in [2.24, 2.45) is 0 Å². The number of rotatable bonds is 2. The Labute approximate surface area is 120 Å². The van der Waals surface area contributed by atoms with Crippen molar-refractivity contribution in [3.8, 4) is 5.75 Å². The van der Waals surface area contributed by atoms with E-state index in [1.807, 2.05) is 42.5 Å². The van der Waals surface area contributed by atoms with E-state index >= 15 is 0 Å². The molecule has 4 heteroatoms. The zero-order valence-corrected chi connectivity index (χ0v) is 11.6.